The van der Waals surface area contributed by atoms with Gasteiger partial charge in [0, 0.05) is 33.5 Å². The molecule has 0 heterocycles. The summed E-state index contributed by atoms with van der Waals surface area (Å²) in [7, 11) is 0. The number of carboxylic acid groups (broad SMARTS) is 2. The second kappa shape index (κ2) is 6.29. The van der Waals surface area contributed by atoms with E-state index in [1.165, 1.54) is 0 Å². The molecule has 0 unspecified atom stereocenters. The minimum Gasteiger partial charge on any atom is -0.545 e. The van der Waals surface area contributed by atoms with Gasteiger partial charge in [-0.2, -0.15) is 0 Å². The van der Waals surface area contributed by atoms with Crippen LogP contribution in [0.5, 0.6) is 0 Å². The Labute approximate surface area is 131 Å². The van der Waals surface area contributed by atoms with E-state index in [0.29, 0.717) is 0 Å². The maximum Gasteiger partial charge on any atom is 0.0800 e. The molecular formula is C8AgCl4O4-2. The van der Waals surface area contributed by atoms with Crippen LogP contribution in [0.2, 0.25) is 20.1 Å². The van der Waals surface area contributed by atoms with Gasteiger partial charge in [0.1, 0.15) is 0 Å². The average molecular weight is 410 g/mol. The molecule has 0 bridgehead atoms. The van der Waals surface area contributed by atoms with E-state index in [1.807, 2.05) is 0 Å². The largest absolute Gasteiger partial charge is 0.545 e. The molecule has 1 rings (SSSR count). The molecule has 0 aliphatic heterocycles. The molecule has 0 amide bonds. The summed E-state index contributed by atoms with van der Waals surface area (Å²) in [5, 5.41) is 19.6. The van der Waals surface area contributed by atoms with Gasteiger partial charge >= 0.3 is 0 Å². The van der Waals surface area contributed by atoms with Crippen molar-refractivity contribution in [2.45, 2.75) is 0 Å². The minimum atomic E-state index is -1.84. The number of aromatic carboxylic acids is 2. The van der Waals surface area contributed by atoms with Gasteiger partial charge in [-0.25, -0.2) is 0 Å². The van der Waals surface area contributed by atoms with Gasteiger partial charge in [0.25, 0.3) is 0 Å². The third-order valence-corrected chi connectivity index (χ3v) is 3.48. The zero-order chi connectivity index (χ0) is 12.6. The van der Waals surface area contributed by atoms with Crippen LogP contribution in [-0.2, 0) is 22.4 Å². The number of halogens is 4. The summed E-state index contributed by atoms with van der Waals surface area (Å²) < 4.78 is 0. The molecule has 1 aromatic rings. The van der Waals surface area contributed by atoms with Crippen LogP contribution in [0.15, 0.2) is 0 Å². The van der Waals surface area contributed by atoms with Gasteiger partial charge in [-0.1, -0.05) is 46.4 Å². The topological polar surface area (TPSA) is 80.3 Å². The van der Waals surface area contributed by atoms with E-state index in [-0.39, 0.29) is 32.4 Å². The van der Waals surface area contributed by atoms with E-state index < -0.39 is 33.1 Å². The molecule has 1 aromatic carbocycles. The molecule has 97 valence electrons. The SMILES string of the molecule is O=C([O-])c1c(Cl)c(Cl)c(Cl)c(Cl)c1C(=O)[O-].[Ag]. The molecule has 17 heavy (non-hydrogen) atoms. The fraction of sp³-hybridized carbons (Fsp3) is 0. The first-order chi connectivity index (χ1) is 7.29. The molecule has 0 fully saturated rings. The minimum absolute atomic E-state index is 0. The number of hydrogen-bond donors (Lipinski definition) is 0. The second-order valence-corrected chi connectivity index (χ2v) is 4.09. The molecular weight excluding hydrogens is 410 g/mol. The standard InChI is InChI=1S/C8H2Cl4O4.Ag/c9-3-1(7(13)14)2(8(15)16)4(10)6(12)5(3)11;/h(H,13,14)(H,15,16);/p-2. The summed E-state index contributed by atoms with van der Waals surface area (Å²) in [5.74, 6) is -3.69. The molecule has 4 nitrogen and oxygen atoms in total. The summed E-state index contributed by atoms with van der Waals surface area (Å²) in [6.07, 6.45) is 0. The molecule has 1 radical (unpaired) electrons. The molecule has 0 saturated carbocycles. The number of benzene rings is 1. The van der Waals surface area contributed by atoms with Crippen molar-refractivity contribution >= 4 is 58.3 Å². The summed E-state index contributed by atoms with van der Waals surface area (Å²) in [4.78, 5) is 21.4. The van der Waals surface area contributed by atoms with Gasteiger partial charge in [0.05, 0.1) is 32.0 Å². The maximum absolute atomic E-state index is 10.7. The van der Waals surface area contributed by atoms with E-state index in [2.05, 4.69) is 0 Å². The Hall–Kier alpha value is 0.0603. The van der Waals surface area contributed by atoms with Gasteiger partial charge < -0.3 is 19.8 Å². The van der Waals surface area contributed by atoms with Crippen molar-refractivity contribution in [1.29, 1.82) is 0 Å². The van der Waals surface area contributed by atoms with Gasteiger partial charge in [0.2, 0.25) is 0 Å². The molecule has 0 atom stereocenters. The Balaban J connectivity index is 0.00000256. The summed E-state index contributed by atoms with van der Waals surface area (Å²) in [6.45, 7) is 0. The fourth-order valence-electron chi connectivity index (χ4n) is 1.02. The summed E-state index contributed by atoms with van der Waals surface area (Å²) in [5.41, 5.74) is -1.72. The van der Waals surface area contributed by atoms with Crippen LogP contribution in [0.3, 0.4) is 0 Å². The predicted molar refractivity (Wildman–Crippen MR) is 55.1 cm³/mol. The number of carboxylic acids is 2. The molecule has 0 spiro atoms. The van der Waals surface area contributed by atoms with E-state index >= 15 is 0 Å². The molecule has 0 aliphatic carbocycles. The van der Waals surface area contributed by atoms with Crippen molar-refractivity contribution in [2.75, 3.05) is 0 Å². The van der Waals surface area contributed by atoms with Crippen LogP contribution in [-0.4, -0.2) is 11.9 Å². The summed E-state index contributed by atoms with van der Waals surface area (Å²) >= 11 is 22.2. The first-order valence-corrected chi connectivity index (χ1v) is 5.08. The normalized spacial score (nSPS) is 9.65. The van der Waals surface area contributed by atoms with E-state index in [9.17, 15) is 19.8 Å². The molecule has 0 saturated heterocycles. The van der Waals surface area contributed by atoms with Crippen LogP contribution in [0, 0.1) is 0 Å². The Morgan fingerprint density at radius 2 is 0.941 bits per heavy atom. The Kier molecular flexibility index (Phi) is 6.31. The van der Waals surface area contributed by atoms with Crippen LogP contribution < -0.4 is 10.2 Å². The molecule has 0 aliphatic rings. The fourth-order valence-corrected chi connectivity index (χ4v) is 2.02. The maximum atomic E-state index is 10.7. The van der Waals surface area contributed by atoms with Crippen molar-refractivity contribution in [1.82, 2.24) is 0 Å². The van der Waals surface area contributed by atoms with Crippen LogP contribution >= 0.6 is 46.4 Å². The third-order valence-electron chi connectivity index (χ3n) is 1.68. The number of rotatable bonds is 2. The summed E-state index contributed by atoms with van der Waals surface area (Å²) in [6, 6.07) is 0. The smallest absolute Gasteiger partial charge is 0.0800 e. The van der Waals surface area contributed by atoms with Gasteiger partial charge in [-0.3, -0.25) is 0 Å². The Morgan fingerprint density at radius 3 is 1.12 bits per heavy atom. The zero-order valence-corrected chi connectivity index (χ0v) is 12.0. The number of carbonyl (C=O) groups is 2. The van der Waals surface area contributed by atoms with Gasteiger partial charge in [0.15, 0.2) is 0 Å². The Morgan fingerprint density at radius 1 is 0.706 bits per heavy atom. The number of hydrogen-bond acceptors (Lipinski definition) is 4. The zero-order valence-electron chi connectivity index (χ0n) is 7.45. The number of carbonyl (C=O) groups excluding carboxylic acids is 2. The van der Waals surface area contributed by atoms with Crippen molar-refractivity contribution in [2.24, 2.45) is 0 Å². The van der Waals surface area contributed by atoms with Crippen LogP contribution in [0.1, 0.15) is 20.7 Å². The van der Waals surface area contributed by atoms with E-state index in [0.717, 1.165) is 0 Å². The quantitative estimate of drug-likeness (QED) is 0.415. The van der Waals surface area contributed by atoms with Crippen LogP contribution in [0.4, 0.5) is 0 Å². The van der Waals surface area contributed by atoms with E-state index in [1.54, 1.807) is 0 Å². The third kappa shape index (κ3) is 3.09. The predicted octanol–water partition coefficient (Wildman–Crippen LogP) is 1.02. The van der Waals surface area contributed by atoms with Crippen LogP contribution in [0.25, 0.3) is 0 Å². The monoisotopic (exact) mass is 407 g/mol. The van der Waals surface area contributed by atoms with Crippen molar-refractivity contribution in [3.63, 3.8) is 0 Å². The van der Waals surface area contributed by atoms with Gasteiger partial charge in [-0.15, -0.1) is 0 Å². The van der Waals surface area contributed by atoms with Crippen molar-refractivity contribution in [3.05, 3.63) is 31.2 Å². The molecule has 9 heteroatoms. The first kappa shape index (κ1) is 17.1. The second-order valence-electron chi connectivity index (χ2n) is 2.58. The molecule has 0 aromatic heterocycles. The van der Waals surface area contributed by atoms with Gasteiger partial charge in [-0.05, 0) is 0 Å². The average Bonchev–Trinajstić information content (AvgIpc) is 2.18. The van der Waals surface area contributed by atoms with E-state index in [4.69, 9.17) is 46.4 Å². The van der Waals surface area contributed by atoms with Crippen molar-refractivity contribution in [3.8, 4) is 0 Å². The first-order valence-electron chi connectivity index (χ1n) is 3.57. The molecule has 0 N–H and O–H groups in total. The Bertz CT molecular complexity index is 458. The van der Waals surface area contributed by atoms with Crippen molar-refractivity contribution < 1.29 is 42.2 Å².